The molecule has 2 aromatic heterocycles. The Morgan fingerprint density at radius 3 is 2.54 bits per heavy atom. The maximum Gasteiger partial charge on any atom is 0.410 e. The van der Waals surface area contributed by atoms with E-state index in [0.717, 1.165) is 6.42 Å². The fourth-order valence-electron chi connectivity index (χ4n) is 3.13. The van der Waals surface area contributed by atoms with E-state index in [0.29, 0.717) is 42.5 Å². The van der Waals surface area contributed by atoms with Crippen molar-refractivity contribution in [2.24, 2.45) is 5.41 Å². The zero-order valence-electron chi connectivity index (χ0n) is 24.1. The summed E-state index contributed by atoms with van der Waals surface area (Å²) in [6, 6.07) is 2.19. The highest BCUT2D eigenvalue weighted by Crippen LogP contribution is 2.21. The zero-order chi connectivity index (χ0) is 29.2. The number of halogens is 1. The molecule has 0 unspecified atom stereocenters. The highest BCUT2D eigenvalue weighted by molar-refractivity contribution is 5.85. The zero-order valence-corrected chi connectivity index (χ0v) is 24.1. The van der Waals surface area contributed by atoms with Crippen LogP contribution < -0.4 is 16.0 Å². The Labute approximate surface area is 230 Å². The van der Waals surface area contributed by atoms with Gasteiger partial charge in [0.15, 0.2) is 0 Å². The largest absolute Gasteiger partial charge is 0.444 e. The predicted octanol–water partition coefficient (Wildman–Crippen LogP) is 4.72. The first-order chi connectivity index (χ1) is 18.2. The van der Waals surface area contributed by atoms with E-state index in [9.17, 15) is 14.0 Å². The molecule has 0 saturated carbocycles. The van der Waals surface area contributed by atoms with Crippen LogP contribution in [0.3, 0.4) is 0 Å². The van der Waals surface area contributed by atoms with Crippen LogP contribution in [0.4, 0.5) is 26.6 Å². The van der Waals surface area contributed by atoms with Gasteiger partial charge in [-0.25, -0.2) is 14.8 Å². The van der Waals surface area contributed by atoms with Gasteiger partial charge in [-0.1, -0.05) is 18.8 Å². The Morgan fingerprint density at radius 1 is 1.18 bits per heavy atom. The van der Waals surface area contributed by atoms with Crippen molar-refractivity contribution in [3.05, 3.63) is 36.0 Å². The van der Waals surface area contributed by atoms with Crippen LogP contribution >= 0.6 is 0 Å². The van der Waals surface area contributed by atoms with Crippen molar-refractivity contribution in [3.8, 4) is 11.8 Å². The first kappa shape index (κ1) is 31.3. The number of rotatable bonds is 10. The summed E-state index contributed by atoms with van der Waals surface area (Å²) < 4.78 is 18.7. The number of carbonyl (C=O) groups excluding carboxylic acids is 2. The first-order valence-electron chi connectivity index (χ1n) is 13.0. The van der Waals surface area contributed by atoms with Crippen molar-refractivity contribution >= 4 is 29.5 Å². The molecule has 0 spiro atoms. The maximum absolute atomic E-state index is 13.4. The Hall–Kier alpha value is -3.94. The molecule has 39 heavy (non-hydrogen) atoms. The molecule has 2 rings (SSSR count). The van der Waals surface area contributed by atoms with Gasteiger partial charge in [0.25, 0.3) is 0 Å². The van der Waals surface area contributed by atoms with Crippen molar-refractivity contribution in [1.29, 1.82) is 0 Å². The summed E-state index contributed by atoms with van der Waals surface area (Å²) in [5.41, 5.74) is 0.0372. The normalized spacial score (nSPS) is 12.0. The highest BCUT2D eigenvalue weighted by Gasteiger charge is 2.27. The van der Waals surface area contributed by atoms with Gasteiger partial charge in [0.2, 0.25) is 17.8 Å². The summed E-state index contributed by atoms with van der Waals surface area (Å²) in [5.74, 6) is 6.41. The van der Waals surface area contributed by atoms with Crippen LogP contribution in [0, 0.1) is 23.2 Å². The number of hydrogen-bond donors (Lipinski definition) is 3. The molecule has 1 atom stereocenters. The minimum atomic E-state index is -0.686. The average molecular weight is 542 g/mol. The van der Waals surface area contributed by atoms with E-state index in [1.807, 2.05) is 20.8 Å². The quantitative estimate of drug-likeness (QED) is 0.292. The molecular weight excluding hydrogens is 501 g/mol. The fourth-order valence-corrected chi connectivity index (χ4v) is 3.13. The number of ether oxygens (including phenoxy) is 1. The van der Waals surface area contributed by atoms with Crippen LogP contribution in [0.25, 0.3) is 0 Å². The Kier molecular flexibility index (Phi) is 11.0. The molecule has 11 heteroatoms. The number of amides is 2. The number of aromatic nitrogens is 3. The molecule has 0 bridgehead atoms. The Morgan fingerprint density at radius 2 is 1.90 bits per heavy atom. The number of carbonyl (C=O) groups is 2. The number of nitrogens with one attached hydrogen (secondary N) is 3. The standard InChI is InChI=1S/C28H40FN7O3/c1-9-14-31-23-20(18-33-25(35-23)34-21-11-15-30-22(29)17-21)10-12-28(6,7)13-16-32-24(37)19(2)36(8)26(38)39-27(3,4)5/h11,15,17-19H,9,13-14,16H2,1-8H3,(H,32,37)(H2,30,31,33,34,35)/t19-/m0/s1. The van der Waals surface area contributed by atoms with Crippen LogP contribution in [-0.2, 0) is 9.53 Å². The summed E-state index contributed by atoms with van der Waals surface area (Å²) in [6.07, 6.45) is 3.89. The molecule has 3 N–H and O–H groups in total. The molecule has 2 heterocycles. The molecule has 0 aromatic carbocycles. The average Bonchev–Trinajstić information content (AvgIpc) is 2.84. The van der Waals surface area contributed by atoms with Crippen LogP contribution in [0.2, 0.25) is 0 Å². The summed E-state index contributed by atoms with van der Waals surface area (Å²) in [4.78, 5) is 38.5. The molecule has 10 nitrogen and oxygen atoms in total. The van der Waals surface area contributed by atoms with Gasteiger partial charge in [-0.3, -0.25) is 9.69 Å². The summed E-state index contributed by atoms with van der Waals surface area (Å²) in [5, 5.41) is 9.11. The molecule has 0 saturated heterocycles. The van der Waals surface area contributed by atoms with Crippen LogP contribution in [0.5, 0.6) is 0 Å². The lowest BCUT2D eigenvalue weighted by Crippen LogP contribution is -2.47. The molecule has 0 aliphatic heterocycles. The van der Waals surface area contributed by atoms with E-state index in [4.69, 9.17) is 4.74 Å². The summed E-state index contributed by atoms with van der Waals surface area (Å²) >= 11 is 0. The first-order valence-corrected chi connectivity index (χ1v) is 13.0. The third-order valence-corrected chi connectivity index (χ3v) is 5.54. The lowest BCUT2D eigenvalue weighted by molar-refractivity contribution is -0.125. The minimum absolute atomic E-state index is 0.274. The van der Waals surface area contributed by atoms with E-state index >= 15 is 0 Å². The van der Waals surface area contributed by atoms with E-state index < -0.39 is 29.1 Å². The monoisotopic (exact) mass is 541 g/mol. The third kappa shape index (κ3) is 10.8. The summed E-state index contributed by atoms with van der Waals surface area (Å²) in [6.45, 7) is 14.1. The fraction of sp³-hybridized carbons (Fsp3) is 0.536. The van der Waals surface area contributed by atoms with Gasteiger partial charge in [-0.2, -0.15) is 9.37 Å². The molecule has 0 radical (unpaired) electrons. The Bertz CT molecular complexity index is 1200. The van der Waals surface area contributed by atoms with E-state index in [2.05, 4.69) is 42.7 Å². The molecule has 0 fully saturated rings. The van der Waals surface area contributed by atoms with Gasteiger partial charge in [0.1, 0.15) is 17.5 Å². The number of hydrogen-bond acceptors (Lipinski definition) is 8. The van der Waals surface area contributed by atoms with Gasteiger partial charge in [-0.15, -0.1) is 0 Å². The lowest BCUT2D eigenvalue weighted by atomic mass is 9.90. The topological polar surface area (TPSA) is 121 Å². The van der Waals surface area contributed by atoms with Gasteiger partial charge >= 0.3 is 6.09 Å². The van der Waals surface area contributed by atoms with E-state index in [1.165, 1.54) is 24.2 Å². The van der Waals surface area contributed by atoms with Crippen molar-refractivity contribution in [1.82, 2.24) is 25.2 Å². The second-order valence-electron chi connectivity index (χ2n) is 10.8. The minimum Gasteiger partial charge on any atom is -0.444 e. The Balaban J connectivity index is 2.03. The van der Waals surface area contributed by atoms with E-state index in [1.54, 1.807) is 40.0 Å². The number of anilines is 3. The van der Waals surface area contributed by atoms with Crippen LogP contribution in [-0.4, -0.2) is 63.6 Å². The second kappa shape index (κ2) is 13.7. The molecule has 2 amide bonds. The molecule has 0 aliphatic rings. The summed E-state index contributed by atoms with van der Waals surface area (Å²) in [7, 11) is 1.54. The van der Waals surface area contributed by atoms with Gasteiger partial charge < -0.3 is 20.7 Å². The van der Waals surface area contributed by atoms with Crippen molar-refractivity contribution in [3.63, 3.8) is 0 Å². The lowest BCUT2D eigenvalue weighted by Gasteiger charge is -2.28. The highest BCUT2D eigenvalue weighted by atomic mass is 19.1. The SMILES string of the molecule is CCCNc1nc(Nc2ccnc(F)c2)ncc1C#CC(C)(C)CCNC(=O)[C@H](C)N(C)C(=O)OC(C)(C)C. The van der Waals surface area contributed by atoms with Gasteiger partial charge in [0.05, 0.1) is 11.8 Å². The molecule has 212 valence electrons. The van der Waals surface area contributed by atoms with Crippen molar-refractivity contribution in [2.75, 3.05) is 30.8 Å². The number of likely N-dealkylation sites (N-methyl/N-ethyl adjacent to an activating group) is 1. The molecular formula is C28H40FN7O3. The molecule has 0 aliphatic carbocycles. The third-order valence-electron chi connectivity index (χ3n) is 5.54. The number of pyridine rings is 1. The predicted molar refractivity (Wildman–Crippen MR) is 150 cm³/mol. The van der Waals surface area contributed by atoms with Crippen molar-refractivity contribution in [2.45, 2.75) is 73.0 Å². The maximum atomic E-state index is 13.4. The number of nitrogens with zero attached hydrogens (tertiary/aromatic N) is 4. The second-order valence-corrected chi connectivity index (χ2v) is 10.8. The smallest absolute Gasteiger partial charge is 0.410 e. The molecule has 2 aromatic rings. The van der Waals surface area contributed by atoms with Gasteiger partial charge in [-0.05, 0) is 60.5 Å². The van der Waals surface area contributed by atoms with Crippen LogP contribution in [0.1, 0.15) is 66.9 Å². The van der Waals surface area contributed by atoms with E-state index in [-0.39, 0.29) is 5.91 Å². The van der Waals surface area contributed by atoms with Gasteiger partial charge in [0, 0.05) is 43.5 Å². The van der Waals surface area contributed by atoms with Crippen molar-refractivity contribution < 1.29 is 18.7 Å². The van der Waals surface area contributed by atoms with Crippen LogP contribution in [0.15, 0.2) is 24.5 Å².